The molecule has 1 atom stereocenters. The van der Waals surface area contributed by atoms with E-state index in [0.717, 1.165) is 12.8 Å². The Balaban J connectivity index is 2.27. The molecule has 1 unspecified atom stereocenters. The van der Waals surface area contributed by atoms with Gasteiger partial charge in [-0.25, -0.2) is 0 Å². The molecular formula is C10H14O3S. The summed E-state index contributed by atoms with van der Waals surface area (Å²) in [6, 6.07) is 8.98. The van der Waals surface area contributed by atoms with E-state index in [0.29, 0.717) is 12.4 Å². The fraction of sp³-hybridized carbons (Fsp3) is 0.400. The van der Waals surface area contributed by atoms with Crippen molar-refractivity contribution in [1.82, 2.24) is 0 Å². The monoisotopic (exact) mass is 214 g/mol. The van der Waals surface area contributed by atoms with E-state index in [1.807, 2.05) is 25.1 Å². The number of rotatable bonds is 6. The fourth-order valence-corrected chi connectivity index (χ4v) is 1.42. The predicted molar refractivity (Wildman–Crippen MR) is 56.1 cm³/mol. The summed E-state index contributed by atoms with van der Waals surface area (Å²) in [5.74, 6) is 0.558. The quantitative estimate of drug-likeness (QED) is 0.682. The van der Waals surface area contributed by atoms with Gasteiger partial charge in [-0.1, -0.05) is 31.5 Å². The van der Waals surface area contributed by atoms with Crippen molar-refractivity contribution >= 4 is 11.4 Å². The third-order valence-corrected chi connectivity index (χ3v) is 2.27. The number of unbranched alkanes of at least 4 members (excludes halogenated alkanes) is 1. The molecule has 0 aliphatic rings. The summed E-state index contributed by atoms with van der Waals surface area (Å²) in [6.45, 7) is 2.51. The Hall–Kier alpha value is -0.870. The summed E-state index contributed by atoms with van der Waals surface area (Å²) in [7, 11) is 0. The highest BCUT2D eigenvalue weighted by atomic mass is 32.2. The molecule has 0 aliphatic carbocycles. The van der Waals surface area contributed by atoms with E-state index in [2.05, 4.69) is 0 Å². The molecule has 14 heavy (non-hydrogen) atoms. The Morgan fingerprint density at radius 3 is 2.64 bits per heavy atom. The number of hydrogen-bond acceptors (Lipinski definition) is 3. The van der Waals surface area contributed by atoms with Crippen LogP contribution in [0.25, 0.3) is 0 Å². The van der Waals surface area contributed by atoms with Crippen molar-refractivity contribution in [2.45, 2.75) is 19.8 Å². The summed E-state index contributed by atoms with van der Waals surface area (Å²) in [6.07, 6.45) is 1.91. The Bertz CT molecular complexity index is 274. The minimum atomic E-state index is -1.67. The van der Waals surface area contributed by atoms with E-state index < -0.39 is 11.4 Å². The van der Waals surface area contributed by atoms with Crippen LogP contribution in [0.1, 0.15) is 19.8 Å². The first kappa shape index (κ1) is 11.2. The zero-order valence-electron chi connectivity index (χ0n) is 8.14. The Labute approximate surface area is 86.9 Å². The fourth-order valence-electron chi connectivity index (χ4n) is 0.850. The van der Waals surface area contributed by atoms with Crippen molar-refractivity contribution in [2.75, 3.05) is 6.61 Å². The molecule has 1 aromatic rings. The SMILES string of the molecule is CCCCOS(=O)Oc1ccccc1. The van der Waals surface area contributed by atoms with Crippen LogP contribution in [0, 0.1) is 0 Å². The minimum absolute atomic E-state index is 0.468. The van der Waals surface area contributed by atoms with Crippen molar-refractivity contribution in [3.63, 3.8) is 0 Å². The molecule has 1 aromatic carbocycles. The second kappa shape index (κ2) is 6.56. The number of para-hydroxylation sites is 1. The first-order valence-electron chi connectivity index (χ1n) is 4.61. The molecule has 0 fully saturated rings. The minimum Gasteiger partial charge on any atom is -0.380 e. The lowest BCUT2D eigenvalue weighted by molar-refractivity contribution is 0.304. The van der Waals surface area contributed by atoms with Gasteiger partial charge in [-0.3, -0.25) is 4.18 Å². The third-order valence-electron chi connectivity index (χ3n) is 1.58. The van der Waals surface area contributed by atoms with E-state index in [4.69, 9.17) is 8.37 Å². The van der Waals surface area contributed by atoms with Gasteiger partial charge in [-0.05, 0) is 18.6 Å². The number of benzene rings is 1. The van der Waals surface area contributed by atoms with Crippen LogP contribution in [0.5, 0.6) is 5.75 Å². The summed E-state index contributed by atoms with van der Waals surface area (Å²) in [4.78, 5) is 0. The van der Waals surface area contributed by atoms with Gasteiger partial charge in [0.2, 0.25) is 0 Å². The lowest BCUT2D eigenvalue weighted by Gasteiger charge is -2.03. The smallest absolute Gasteiger partial charge is 0.360 e. The van der Waals surface area contributed by atoms with Crippen molar-refractivity contribution < 1.29 is 12.6 Å². The van der Waals surface area contributed by atoms with Crippen LogP contribution in [0.4, 0.5) is 0 Å². The van der Waals surface area contributed by atoms with Gasteiger partial charge < -0.3 is 4.18 Å². The first-order valence-corrected chi connectivity index (χ1v) is 5.61. The Morgan fingerprint density at radius 2 is 2.00 bits per heavy atom. The molecule has 0 bridgehead atoms. The van der Waals surface area contributed by atoms with Gasteiger partial charge in [0.05, 0.1) is 6.61 Å². The van der Waals surface area contributed by atoms with Crippen molar-refractivity contribution in [1.29, 1.82) is 0 Å². The molecule has 0 N–H and O–H groups in total. The van der Waals surface area contributed by atoms with Crippen LogP contribution >= 0.6 is 0 Å². The Kier molecular flexibility index (Phi) is 5.25. The molecule has 0 amide bonds. The Morgan fingerprint density at radius 1 is 1.29 bits per heavy atom. The largest absolute Gasteiger partial charge is 0.380 e. The van der Waals surface area contributed by atoms with E-state index >= 15 is 0 Å². The molecule has 3 nitrogen and oxygen atoms in total. The molecule has 4 heteroatoms. The molecule has 1 rings (SSSR count). The predicted octanol–water partition coefficient (Wildman–Crippen LogP) is 2.46. The van der Waals surface area contributed by atoms with Crippen molar-refractivity contribution in [2.24, 2.45) is 0 Å². The maximum absolute atomic E-state index is 11.2. The summed E-state index contributed by atoms with van der Waals surface area (Å²) in [5.41, 5.74) is 0. The van der Waals surface area contributed by atoms with Gasteiger partial charge >= 0.3 is 11.4 Å². The second-order valence-corrected chi connectivity index (χ2v) is 3.59. The summed E-state index contributed by atoms with van der Waals surface area (Å²) >= 11 is -1.67. The van der Waals surface area contributed by atoms with Crippen LogP contribution in [-0.4, -0.2) is 10.8 Å². The zero-order chi connectivity index (χ0) is 10.2. The summed E-state index contributed by atoms with van der Waals surface area (Å²) < 4.78 is 21.1. The van der Waals surface area contributed by atoms with E-state index in [-0.39, 0.29) is 0 Å². The van der Waals surface area contributed by atoms with Gasteiger partial charge in [-0.15, -0.1) is 0 Å². The highest BCUT2D eigenvalue weighted by Gasteiger charge is 2.01. The molecule has 78 valence electrons. The van der Waals surface area contributed by atoms with Gasteiger partial charge in [0.1, 0.15) is 5.75 Å². The van der Waals surface area contributed by atoms with Crippen molar-refractivity contribution in [3.8, 4) is 5.75 Å². The average molecular weight is 214 g/mol. The van der Waals surface area contributed by atoms with Crippen LogP contribution in [0.3, 0.4) is 0 Å². The molecular weight excluding hydrogens is 200 g/mol. The van der Waals surface area contributed by atoms with Crippen LogP contribution in [0.15, 0.2) is 30.3 Å². The maximum atomic E-state index is 11.2. The molecule has 0 radical (unpaired) electrons. The molecule has 0 aromatic heterocycles. The lowest BCUT2D eigenvalue weighted by Crippen LogP contribution is -2.05. The van der Waals surface area contributed by atoms with Gasteiger partial charge in [-0.2, -0.15) is 4.21 Å². The van der Waals surface area contributed by atoms with Gasteiger partial charge in [0, 0.05) is 0 Å². The van der Waals surface area contributed by atoms with E-state index in [1.165, 1.54) is 0 Å². The summed E-state index contributed by atoms with van der Waals surface area (Å²) in [5, 5.41) is 0. The van der Waals surface area contributed by atoms with Crippen LogP contribution < -0.4 is 4.18 Å². The molecule has 0 spiro atoms. The maximum Gasteiger partial charge on any atom is 0.360 e. The molecule has 0 saturated heterocycles. The third kappa shape index (κ3) is 4.39. The van der Waals surface area contributed by atoms with Gasteiger partial charge in [0.15, 0.2) is 0 Å². The van der Waals surface area contributed by atoms with Crippen LogP contribution in [-0.2, 0) is 15.5 Å². The van der Waals surface area contributed by atoms with E-state index in [1.54, 1.807) is 12.1 Å². The lowest BCUT2D eigenvalue weighted by atomic mass is 10.3. The number of hydrogen-bond donors (Lipinski definition) is 0. The average Bonchev–Trinajstić information content (AvgIpc) is 2.20. The van der Waals surface area contributed by atoms with Gasteiger partial charge in [0.25, 0.3) is 0 Å². The first-order chi connectivity index (χ1) is 6.83. The standard InChI is InChI=1S/C10H14O3S/c1-2-3-9-12-14(11)13-10-7-5-4-6-8-10/h4-8H,2-3,9H2,1H3. The zero-order valence-corrected chi connectivity index (χ0v) is 8.96. The highest BCUT2D eigenvalue weighted by Crippen LogP contribution is 2.10. The molecule has 0 heterocycles. The van der Waals surface area contributed by atoms with E-state index in [9.17, 15) is 4.21 Å². The topological polar surface area (TPSA) is 35.5 Å². The van der Waals surface area contributed by atoms with Crippen molar-refractivity contribution in [3.05, 3.63) is 30.3 Å². The normalized spacial score (nSPS) is 12.4. The second-order valence-electron chi connectivity index (χ2n) is 2.78. The molecule has 0 saturated carbocycles. The highest BCUT2D eigenvalue weighted by molar-refractivity contribution is 7.75. The molecule has 0 aliphatic heterocycles. The van der Waals surface area contributed by atoms with Crippen LogP contribution in [0.2, 0.25) is 0 Å².